The Labute approximate surface area is 194 Å². The van der Waals surface area contributed by atoms with E-state index in [2.05, 4.69) is 10.1 Å². The van der Waals surface area contributed by atoms with Crippen molar-refractivity contribution in [2.75, 3.05) is 12.3 Å². The van der Waals surface area contributed by atoms with Gasteiger partial charge >= 0.3 is 0 Å². The average molecular weight is 494 g/mol. The van der Waals surface area contributed by atoms with Crippen LogP contribution in [0, 0.1) is 11.6 Å². The Kier molecular flexibility index (Phi) is 6.15. The molecular weight excluding hydrogens is 478 g/mol. The van der Waals surface area contributed by atoms with Gasteiger partial charge in [-0.1, -0.05) is 23.7 Å². The lowest BCUT2D eigenvalue weighted by Crippen LogP contribution is -2.41. The van der Waals surface area contributed by atoms with Crippen LogP contribution in [-0.4, -0.2) is 38.1 Å². The van der Waals surface area contributed by atoms with Crippen LogP contribution in [-0.2, 0) is 0 Å². The van der Waals surface area contributed by atoms with Crippen molar-refractivity contribution in [2.45, 2.75) is 12.0 Å². The molecule has 4 rings (SSSR count). The number of nitrogen functional groups attached to an aromatic ring is 1. The van der Waals surface area contributed by atoms with Gasteiger partial charge in [0.05, 0.1) is 17.1 Å². The number of nitrogens with one attached hydrogen (secondary N) is 1. The minimum Gasteiger partial charge on any atom is -0.382 e. The number of amides is 1. The molecule has 2 aromatic carbocycles. The average Bonchev–Trinajstić information content (AvgIpc) is 3.17. The molecule has 1 amide bonds. The largest absolute Gasteiger partial charge is 0.382 e. The van der Waals surface area contributed by atoms with Crippen LogP contribution in [0.5, 0.6) is 0 Å². The molecule has 4 aromatic rings. The van der Waals surface area contributed by atoms with Gasteiger partial charge in [-0.15, -0.1) is 5.10 Å². The number of aromatic nitrogens is 3. The minimum absolute atomic E-state index is 0.0116. The molecule has 7 nitrogen and oxygen atoms in total. The topological polar surface area (TPSA) is 106 Å². The second-order valence-electron chi connectivity index (χ2n) is 7.37. The van der Waals surface area contributed by atoms with Gasteiger partial charge in [0.15, 0.2) is 5.65 Å². The van der Waals surface area contributed by atoms with Crippen LogP contribution < -0.4 is 11.1 Å². The summed E-state index contributed by atoms with van der Waals surface area (Å²) in [5.74, 6) is -6.73. The van der Waals surface area contributed by atoms with E-state index in [1.807, 2.05) is 5.32 Å². The molecule has 12 heteroatoms. The van der Waals surface area contributed by atoms with Gasteiger partial charge in [-0.05, 0) is 47.5 Å². The Bertz CT molecular complexity index is 1380. The molecule has 176 valence electrons. The first-order valence-corrected chi connectivity index (χ1v) is 10.1. The lowest BCUT2D eigenvalue weighted by Gasteiger charge is -2.23. The SMILES string of the molecule is Nc1nc2cc(-c3ccc(Cl)c(C(=O)NCC(F)(F)[C@@H](O)c4ccc(F)cc4)c3F)ccn2n1. The predicted octanol–water partition coefficient (Wildman–Crippen LogP) is 4.01. The van der Waals surface area contributed by atoms with Gasteiger partial charge in [0.1, 0.15) is 17.7 Å². The maximum atomic E-state index is 15.3. The molecule has 34 heavy (non-hydrogen) atoms. The summed E-state index contributed by atoms with van der Waals surface area (Å²) in [5.41, 5.74) is 5.26. The van der Waals surface area contributed by atoms with E-state index in [4.69, 9.17) is 17.3 Å². The number of hydrogen-bond acceptors (Lipinski definition) is 5. The molecule has 0 radical (unpaired) electrons. The van der Waals surface area contributed by atoms with Gasteiger partial charge in [0.2, 0.25) is 5.95 Å². The highest BCUT2D eigenvalue weighted by atomic mass is 35.5. The number of anilines is 1. The van der Waals surface area contributed by atoms with Gasteiger partial charge in [0, 0.05) is 11.8 Å². The number of hydrogen-bond donors (Lipinski definition) is 3. The number of carbonyl (C=O) groups is 1. The third-order valence-corrected chi connectivity index (χ3v) is 5.37. The van der Waals surface area contributed by atoms with Gasteiger partial charge in [-0.2, -0.15) is 4.98 Å². The lowest BCUT2D eigenvalue weighted by atomic mass is 10.0. The van der Waals surface area contributed by atoms with E-state index in [-0.39, 0.29) is 22.1 Å². The number of nitrogens with zero attached hydrogens (tertiary/aromatic N) is 3. The van der Waals surface area contributed by atoms with E-state index in [9.17, 15) is 23.1 Å². The third kappa shape index (κ3) is 4.52. The number of benzene rings is 2. The monoisotopic (exact) mass is 493 g/mol. The molecule has 0 unspecified atom stereocenters. The molecular formula is C22H16ClF4N5O2. The number of halogens is 5. The van der Waals surface area contributed by atoms with Crippen molar-refractivity contribution in [1.82, 2.24) is 19.9 Å². The van der Waals surface area contributed by atoms with Crippen LogP contribution in [0.1, 0.15) is 22.0 Å². The Hall–Kier alpha value is -3.70. The normalized spacial score (nSPS) is 12.6. The molecule has 4 N–H and O–H groups in total. The van der Waals surface area contributed by atoms with Crippen molar-refractivity contribution < 1.29 is 27.5 Å². The Morgan fingerprint density at radius 2 is 1.88 bits per heavy atom. The number of rotatable bonds is 6. The number of pyridine rings is 1. The fraction of sp³-hybridized carbons (Fsp3) is 0.136. The summed E-state index contributed by atoms with van der Waals surface area (Å²) < 4.78 is 58.6. The van der Waals surface area contributed by atoms with Crippen LogP contribution in [0.25, 0.3) is 16.8 Å². The van der Waals surface area contributed by atoms with Gasteiger partial charge in [-0.25, -0.2) is 22.1 Å². The second kappa shape index (κ2) is 8.92. The van der Waals surface area contributed by atoms with Crippen molar-refractivity contribution in [3.8, 4) is 11.1 Å². The van der Waals surface area contributed by atoms with Crippen LogP contribution in [0.15, 0.2) is 54.7 Å². The zero-order chi connectivity index (χ0) is 24.6. The van der Waals surface area contributed by atoms with E-state index < -0.39 is 41.7 Å². The highest BCUT2D eigenvalue weighted by Crippen LogP contribution is 2.32. The summed E-state index contributed by atoms with van der Waals surface area (Å²) in [4.78, 5) is 16.6. The van der Waals surface area contributed by atoms with Crippen molar-refractivity contribution in [3.63, 3.8) is 0 Å². The van der Waals surface area contributed by atoms with Crippen molar-refractivity contribution in [1.29, 1.82) is 0 Å². The van der Waals surface area contributed by atoms with Gasteiger partial charge in [-0.3, -0.25) is 4.79 Å². The van der Waals surface area contributed by atoms with E-state index in [0.29, 0.717) is 11.2 Å². The zero-order valence-electron chi connectivity index (χ0n) is 17.1. The second-order valence-corrected chi connectivity index (χ2v) is 7.78. The summed E-state index contributed by atoms with van der Waals surface area (Å²) in [6.07, 6.45) is -0.846. The number of fused-ring (bicyclic) bond motifs is 1. The molecule has 0 bridgehead atoms. The smallest absolute Gasteiger partial charge is 0.294 e. The quantitative estimate of drug-likeness (QED) is 0.352. The Balaban J connectivity index is 1.57. The molecule has 0 aliphatic heterocycles. The number of alkyl halides is 2. The lowest BCUT2D eigenvalue weighted by molar-refractivity contribution is -0.106. The maximum Gasteiger partial charge on any atom is 0.294 e. The van der Waals surface area contributed by atoms with Gasteiger partial charge in [0.25, 0.3) is 11.8 Å². The standard InChI is InChI=1S/C22H16ClF4N5O2/c23-15-6-5-14(12-7-8-32-16(9-12)30-21(28)31-32)18(25)17(15)20(34)29-10-22(26,27)19(33)11-1-3-13(24)4-2-11/h1-9,19,33H,10H2,(H2,28,31)(H,29,34)/t19-/m0/s1. The summed E-state index contributed by atoms with van der Waals surface area (Å²) in [6, 6.07) is 9.38. The van der Waals surface area contributed by atoms with E-state index >= 15 is 4.39 Å². The third-order valence-electron chi connectivity index (χ3n) is 5.05. The summed E-state index contributed by atoms with van der Waals surface area (Å²) in [6.45, 7) is -1.32. The number of carbonyl (C=O) groups excluding carboxylic acids is 1. The van der Waals surface area contributed by atoms with Crippen LogP contribution in [0.4, 0.5) is 23.5 Å². The fourth-order valence-electron chi connectivity index (χ4n) is 3.32. The minimum atomic E-state index is -3.84. The first-order valence-electron chi connectivity index (χ1n) is 9.76. The van der Waals surface area contributed by atoms with E-state index in [1.165, 1.54) is 35.0 Å². The Morgan fingerprint density at radius 3 is 2.59 bits per heavy atom. The zero-order valence-corrected chi connectivity index (χ0v) is 17.9. The molecule has 2 heterocycles. The molecule has 0 saturated heterocycles. The molecule has 0 spiro atoms. The molecule has 2 aromatic heterocycles. The number of aliphatic hydroxyl groups excluding tert-OH is 1. The predicted molar refractivity (Wildman–Crippen MR) is 116 cm³/mol. The van der Waals surface area contributed by atoms with Gasteiger partial charge < -0.3 is 16.2 Å². The number of aliphatic hydroxyl groups is 1. The van der Waals surface area contributed by atoms with Crippen LogP contribution in [0.3, 0.4) is 0 Å². The Morgan fingerprint density at radius 1 is 1.18 bits per heavy atom. The molecule has 1 atom stereocenters. The van der Waals surface area contributed by atoms with Crippen molar-refractivity contribution in [3.05, 3.63) is 82.5 Å². The first kappa shape index (κ1) is 23.5. The van der Waals surface area contributed by atoms with Crippen molar-refractivity contribution >= 4 is 29.1 Å². The molecule has 0 fully saturated rings. The molecule has 0 aliphatic rings. The highest BCUT2D eigenvalue weighted by Gasteiger charge is 2.40. The highest BCUT2D eigenvalue weighted by molar-refractivity contribution is 6.34. The van der Waals surface area contributed by atoms with Crippen LogP contribution >= 0.6 is 11.6 Å². The van der Waals surface area contributed by atoms with Crippen molar-refractivity contribution in [2.24, 2.45) is 0 Å². The number of nitrogens with two attached hydrogens (primary N) is 1. The summed E-state index contributed by atoms with van der Waals surface area (Å²) in [7, 11) is 0. The maximum absolute atomic E-state index is 15.3. The molecule has 0 aliphatic carbocycles. The van der Waals surface area contributed by atoms with Crippen LogP contribution in [0.2, 0.25) is 5.02 Å². The first-order chi connectivity index (χ1) is 16.1. The van der Waals surface area contributed by atoms with E-state index in [0.717, 1.165) is 24.3 Å². The van der Waals surface area contributed by atoms with E-state index in [1.54, 1.807) is 0 Å². The summed E-state index contributed by atoms with van der Waals surface area (Å²) in [5, 5.41) is 15.5. The summed E-state index contributed by atoms with van der Waals surface area (Å²) >= 11 is 5.99. The fourth-order valence-corrected chi connectivity index (χ4v) is 3.55. The molecule has 0 saturated carbocycles.